The number of aliphatic hydroxyl groups excluding tert-OH is 1. The molecule has 2 aliphatic rings. The Hall–Kier alpha value is -0.120. The monoisotopic (exact) mass is 214 g/mol. The number of aliphatic hydroxyl groups is 1. The summed E-state index contributed by atoms with van der Waals surface area (Å²) in [6.45, 7) is 8.54. The van der Waals surface area contributed by atoms with E-state index >= 15 is 0 Å². The maximum atomic E-state index is 9.14. The highest BCUT2D eigenvalue weighted by molar-refractivity contribution is 5.10. The molecule has 0 radical (unpaired) electrons. The normalized spacial score (nSPS) is 42.6. The topological polar surface area (TPSA) is 38.7 Å². The lowest BCUT2D eigenvalue weighted by molar-refractivity contribution is -0.150. The van der Waals surface area contributed by atoms with E-state index in [1.807, 2.05) is 0 Å². The fourth-order valence-corrected chi connectivity index (χ4v) is 3.25. The smallest absolute Gasteiger partial charge is 0.0998 e. The van der Waals surface area contributed by atoms with Crippen LogP contribution < -0.4 is 0 Å². The molecule has 2 aliphatic heterocycles. The molecule has 3 heteroatoms. The van der Waals surface area contributed by atoms with Crippen LogP contribution >= 0.6 is 0 Å². The van der Waals surface area contributed by atoms with E-state index in [0.29, 0.717) is 0 Å². The van der Waals surface area contributed by atoms with Crippen LogP contribution in [0.15, 0.2) is 0 Å². The van der Waals surface area contributed by atoms with Crippen molar-refractivity contribution in [3.8, 4) is 0 Å². The van der Waals surface area contributed by atoms with Crippen molar-refractivity contribution < 1.29 is 14.6 Å². The van der Waals surface area contributed by atoms with Crippen molar-refractivity contribution in [2.24, 2.45) is 0 Å². The molecule has 0 aromatic rings. The van der Waals surface area contributed by atoms with Crippen molar-refractivity contribution in [1.29, 1.82) is 0 Å². The standard InChI is InChI=1S/C12H22O3/c1-10(2)8-12(11(3,4)15-10)6-5-9(7-13)14-12/h9,13H,5-8H2,1-4H3. The van der Waals surface area contributed by atoms with Crippen LogP contribution in [0.4, 0.5) is 0 Å². The molecule has 1 spiro atoms. The predicted octanol–water partition coefficient (Wildman–Crippen LogP) is 1.87. The lowest BCUT2D eigenvalue weighted by Crippen LogP contribution is -2.46. The van der Waals surface area contributed by atoms with Crippen LogP contribution in [-0.2, 0) is 9.47 Å². The van der Waals surface area contributed by atoms with Gasteiger partial charge in [-0.05, 0) is 40.5 Å². The maximum Gasteiger partial charge on any atom is 0.0998 e. The molecule has 2 unspecified atom stereocenters. The quantitative estimate of drug-likeness (QED) is 0.724. The SMILES string of the molecule is CC1(C)CC2(CCC(CO)O2)C(C)(C)O1. The maximum absolute atomic E-state index is 9.14. The van der Waals surface area contributed by atoms with Gasteiger partial charge in [0.2, 0.25) is 0 Å². The Labute approximate surface area is 91.8 Å². The van der Waals surface area contributed by atoms with Crippen LogP contribution in [0.25, 0.3) is 0 Å². The first-order chi connectivity index (χ1) is 6.80. The minimum Gasteiger partial charge on any atom is -0.394 e. The van der Waals surface area contributed by atoms with Gasteiger partial charge in [0.05, 0.1) is 29.5 Å². The molecule has 15 heavy (non-hydrogen) atoms. The van der Waals surface area contributed by atoms with Crippen molar-refractivity contribution in [2.45, 2.75) is 69.9 Å². The second-order valence-electron chi connectivity index (χ2n) is 6.00. The van der Waals surface area contributed by atoms with Crippen molar-refractivity contribution in [1.82, 2.24) is 0 Å². The van der Waals surface area contributed by atoms with Gasteiger partial charge in [0.15, 0.2) is 0 Å². The molecule has 0 aromatic carbocycles. The third-order valence-electron chi connectivity index (χ3n) is 3.81. The molecular formula is C12H22O3. The molecule has 0 aromatic heterocycles. The van der Waals surface area contributed by atoms with E-state index in [9.17, 15) is 0 Å². The van der Waals surface area contributed by atoms with E-state index in [1.165, 1.54) is 0 Å². The molecule has 2 saturated heterocycles. The van der Waals surface area contributed by atoms with Crippen LogP contribution in [0.3, 0.4) is 0 Å². The Kier molecular flexibility index (Phi) is 2.42. The molecule has 2 atom stereocenters. The van der Waals surface area contributed by atoms with Gasteiger partial charge in [-0.15, -0.1) is 0 Å². The van der Waals surface area contributed by atoms with Crippen LogP contribution in [0.5, 0.6) is 0 Å². The van der Waals surface area contributed by atoms with E-state index in [-0.39, 0.29) is 29.5 Å². The van der Waals surface area contributed by atoms with Crippen molar-refractivity contribution in [3.05, 3.63) is 0 Å². The predicted molar refractivity (Wildman–Crippen MR) is 57.8 cm³/mol. The first-order valence-electron chi connectivity index (χ1n) is 5.79. The number of rotatable bonds is 1. The summed E-state index contributed by atoms with van der Waals surface area (Å²) in [5.41, 5.74) is -0.557. The van der Waals surface area contributed by atoms with E-state index in [0.717, 1.165) is 19.3 Å². The summed E-state index contributed by atoms with van der Waals surface area (Å²) < 4.78 is 12.1. The van der Waals surface area contributed by atoms with Crippen LogP contribution in [0, 0.1) is 0 Å². The minimum atomic E-state index is -0.250. The Bertz CT molecular complexity index is 260. The van der Waals surface area contributed by atoms with Gasteiger partial charge < -0.3 is 14.6 Å². The van der Waals surface area contributed by atoms with Crippen LogP contribution in [0.2, 0.25) is 0 Å². The largest absolute Gasteiger partial charge is 0.394 e. The Morgan fingerprint density at radius 1 is 1.27 bits per heavy atom. The summed E-state index contributed by atoms with van der Waals surface area (Å²) in [7, 11) is 0. The first kappa shape index (κ1) is 11.4. The average Bonchev–Trinajstić information content (AvgIpc) is 2.53. The fourth-order valence-electron chi connectivity index (χ4n) is 3.25. The molecule has 2 rings (SSSR count). The van der Waals surface area contributed by atoms with Crippen molar-refractivity contribution in [2.75, 3.05) is 6.61 Å². The van der Waals surface area contributed by atoms with Gasteiger partial charge in [-0.3, -0.25) is 0 Å². The Morgan fingerprint density at radius 2 is 1.93 bits per heavy atom. The summed E-state index contributed by atoms with van der Waals surface area (Å²) in [6, 6.07) is 0. The Morgan fingerprint density at radius 3 is 2.33 bits per heavy atom. The molecule has 88 valence electrons. The van der Waals surface area contributed by atoms with Gasteiger partial charge in [0.25, 0.3) is 0 Å². The molecule has 0 saturated carbocycles. The second-order valence-corrected chi connectivity index (χ2v) is 6.00. The molecule has 2 fully saturated rings. The summed E-state index contributed by atoms with van der Waals surface area (Å²) in [4.78, 5) is 0. The second kappa shape index (κ2) is 3.19. The molecular weight excluding hydrogens is 192 g/mol. The molecule has 0 bridgehead atoms. The van der Waals surface area contributed by atoms with Gasteiger partial charge in [-0.25, -0.2) is 0 Å². The van der Waals surface area contributed by atoms with Gasteiger partial charge in [-0.2, -0.15) is 0 Å². The van der Waals surface area contributed by atoms with E-state index in [4.69, 9.17) is 14.6 Å². The van der Waals surface area contributed by atoms with Crippen LogP contribution in [-0.4, -0.2) is 34.6 Å². The third-order valence-corrected chi connectivity index (χ3v) is 3.81. The van der Waals surface area contributed by atoms with Gasteiger partial charge >= 0.3 is 0 Å². The zero-order chi connectivity index (χ0) is 11.3. The zero-order valence-corrected chi connectivity index (χ0v) is 10.2. The highest BCUT2D eigenvalue weighted by Gasteiger charge is 2.60. The lowest BCUT2D eigenvalue weighted by Gasteiger charge is -2.36. The minimum absolute atomic E-state index is 0.00164. The van der Waals surface area contributed by atoms with Gasteiger partial charge in [0.1, 0.15) is 0 Å². The summed E-state index contributed by atoms with van der Waals surface area (Å²) >= 11 is 0. The summed E-state index contributed by atoms with van der Waals surface area (Å²) in [5.74, 6) is 0. The van der Waals surface area contributed by atoms with Crippen molar-refractivity contribution in [3.63, 3.8) is 0 Å². The van der Waals surface area contributed by atoms with E-state index in [1.54, 1.807) is 0 Å². The van der Waals surface area contributed by atoms with Gasteiger partial charge in [-0.1, -0.05) is 0 Å². The molecule has 3 nitrogen and oxygen atoms in total. The molecule has 0 amide bonds. The van der Waals surface area contributed by atoms with Crippen molar-refractivity contribution >= 4 is 0 Å². The molecule has 2 heterocycles. The van der Waals surface area contributed by atoms with E-state index in [2.05, 4.69) is 27.7 Å². The summed E-state index contributed by atoms with van der Waals surface area (Å²) in [5, 5.41) is 9.14. The van der Waals surface area contributed by atoms with Crippen LogP contribution in [0.1, 0.15) is 47.0 Å². The zero-order valence-electron chi connectivity index (χ0n) is 10.2. The van der Waals surface area contributed by atoms with Gasteiger partial charge in [0, 0.05) is 6.42 Å². The molecule has 0 aliphatic carbocycles. The highest BCUT2D eigenvalue weighted by atomic mass is 16.6. The number of hydrogen-bond donors (Lipinski definition) is 1. The summed E-state index contributed by atoms with van der Waals surface area (Å²) in [6.07, 6.45) is 2.86. The average molecular weight is 214 g/mol. The third kappa shape index (κ3) is 1.71. The van der Waals surface area contributed by atoms with E-state index < -0.39 is 0 Å². The Balaban J connectivity index is 2.22. The fraction of sp³-hybridized carbons (Fsp3) is 1.00. The first-order valence-corrected chi connectivity index (χ1v) is 5.79. The number of hydrogen-bond acceptors (Lipinski definition) is 3. The lowest BCUT2D eigenvalue weighted by atomic mass is 9.80. The highest BCUT2D eigenvalue weighted by Crippen LogP contribution is 2.53. The number of ether oxygens (including phenoxy) is 2. The molecule has 1 N–H and O–H groups in total.